The Hall–Kier alpha value is -1.96. The van der Waals surface area contributed by atoms with Crippen LogP contribution in [0.4, 0.5) is 11.6 Å². The maximum atomic E-state index is 6.28. The molecule has 0 bridgehead atoms. The minimum Gasteiger partial charge on any atom is -0.361 e. The fraction of sp³-hybridized carbons (Fsp3) is 0.389. The summed E-state index contributed by atoms with van der Waals surface area (Å²) in [6.07, 6.45) is 3.57. The number of anilines is 2. The normalized spacial score (nSPS) is 14.9. The molecule has 6 nitrogen and oxygen atoms in total. The number of benzene rings is 1. The molecule has 0 aliphatic carbocycles. The number of aryl methyl sites for hydroxylation is 1. The van der Waals surface area contributed by atoms with E-state index in [0.717, 1.165) is 56.5 Å². The predicted molar refractivity (Wildman–Crippen MR) is 111 cm³/mol. The van der Waals surface area contributed by atoms with Gasteiger partial charge in [-0.3, -0.25) is 4.90 Å². The molecule has 0 unspecified atom stereocenters. The topological polar surface area (TPSA) is 56.3 Å². The van der Waals surface area contributed by atoms with Crippen LogP contribution in [-0.2, 0) is 0 Å². The highest BCUT2D eigenvalue weighted by Gasteiger charge is 2.18. The maximum Gasteiger partial charge on any atom is 0.225 e. The number of piperazine rings is 1. The van der Waals surface area contributed by atoms with Crippen molar-refractivity contribution in [1.29, 1.82) is 0 Å². The smallest absolute Gasteiger partial charge is 0.225 e. The van der Waals surface area contributed by atoms with E-state index in [2.05, 4.69) is 30.4 Å². The van der Waals surface area contributed by atoms with Gasteiger partial charge >= 0.3 is 0 Å². The van der Waals surface area contributed by atoms with Gasteiger partial charge in [0.05, 0.1) is 10.7 Å². The molecular weight excluding hydrogens is 368 g/mol. The molecule has 0 atom stereocenters. The van der Waals surface area contributed by atoms with Crippen LogP contribution < -0.4 is 15.5 Å². The Bertz CT molecular complexity index is 734. The van der Waals surface area contributed by atoms with Gasteiger partial charge in [-0.25, -0.2) is 9.97 Å². The van der Waals surface area contributed by atoms with Gasteiger partial charge in [-0.15, -0.1) is 0 Å². The Morgan fingerprint density at radius 2 is 1.88 bits per heavy atom. The number of rotatable bonds is 5. The summed E-state index contributed by atoms with van der Waals surface area (Å²) in [5.41, 5.74) is 1.86. The third-order valence-electron chi connectivity index (χ3n) is 4.36. The van der Waals surface area contributed by atoms with Crippen molar-refractivity contribution in [3.63, 3.8) is 0 Å². The molecule has 0 saturated carbocycles. The Balaban J connectivity index is 1.38. The van der Waals surface area contributed by atoms with Gasteiger partial charge < -0.3 is 15.5 Å². The van der Waals surface area contributed by atoms with Gasteiger partial charge in [-0.1, -0.05) is 23.7 Å². The summed E-state index contributed by atoms with van der Waals surface area (Å²) >= 11 is 11.6. The zero-order valence-electron chi connectivity index (χ0n) is 14.8. The van der Waals surface area contributed by atoms with Crippen molar-refractivity contribution < 1.29 is 0 Å². The Morgan fingerprint density at radius 3 is 2.62 bits per heavy atom. The monoisotopic (exact) mass is 390 g/mol. The van der Waals surface area contributed by atoms with Gasteiger partial charge in [0.15, 0.2) is 5.11 Å². The number of nitrogens with one attached hydrogen (secondary N) is 2. The summed E-state index contributed by atoms with van der Waals surface area (Å²) in [5, 5.41) is 7.71. The molecule has 8 heteroatoms. The Kier molecular flexibility index (Phi) is 6.60. The van der Waals surface area contributed by atoms with Crippen molar-refractivity contribution in [3.8, 4) is 0 Å². The maximum absolute atomic E-state index is 6.28. The Morgan fingerprint density at radius 1 is 1.15 bits per heavy atom. The molecule has 1 saturated heterocycles. The molecule has 1 aliphatic heterocycles. The molecule has 1 aliphatic rings. The minimum atomic E-state index is 0.592. The van der Waals surface area contributed by atoms with Gasteiger partial charge in [0.1, 0.15) is 0 Å². The minimum absolute atomic E-state index is 0.592. The van der Waals surface area contributed by atoms with Crippen LogP contribution in [0.1, 0.15) is 5.56 Å². The molecule has 0 amide bonds. The van der Waals surface area contributed by atoms with Crippen molar-refractivity contribution in [2.24, 2.45) is 0 Å². The van der Waals surface area contributed by atoms with E-state index in [1.807, 2.05) is 31.2 Å². The van der Waals surface area contributed by atoms with E-state index in [0.29, 0.717) is 10.1 Å². The first-order valence-corrected chi connectivity index (χ1v) is 9.46. The second-order valence-corrected chi connectivity index (χ2v) is 6.98. The van der Waals surface area contributed by atoms with Crippen LogP contribution in [0.25, 0.3) is 0 Å². The highest BCUT2D eigenvalue weighted by Crippen LogP contribution is 2.24. The van der Waals surface area contributed by atoms with Crippen LogP contribution in [0.15, 0.2) is 36.7 Å². The van der Waals surface area contributed by atoms with Gasteiger partial charge in [0.25, 0.3) is 0 Å². The molecule has 26 heavy (non-hydrogen) atoms. The lowest BCUT2D eigenvalue weighted by molar-refractivity contribution is 0.260. The van der Waals surface area contributed by atoms with Crippen molar-refractivity contribution in [1.82, 2.24) is 20.2 Å². The highest BCUT2D eigenvalue weighted by molar-refractivity contribution is 7.80. The molecule has 2 aromatic rings. The summed E-state index contributed by atoms with van der Waals surface area (Å²) in [4.78, 5) is 13.3. The molecule has 1 fully saturated rings. The average Bonchev–Trinajstić information content (AvgIpc) is 2.67. The number of thiocarbonyl (C=S) groups is 1. The van der Waals surface area contributed by atoms with Crippen molar-refractivity contribution >= 4 is 40.6 Å². The number of halogens is 1. The summed E-state index contributed by atoms with van der Waals surface area (Å²) in [7, 11) is 0. The fourth-order valence-corrected chi connectivity index (χ4v) is 3.25. The zero-order chi connectivity index (χ0) is 18.4. The van der Waals surface area contributed by atoms with Crippen molar-refractivity contribution in [2.45, 2.75) is 6.92 Å². The molecule has 2 heterocycles. The van der Waals surface area contributed by atoms with Gasteiger partial charge in [-0.05, 0) is 36.8 Å². The summed E-state index contributed by atoms with van der Waals surface area (Å²) in [5.74, 6) is 0.811. The van der Waals surface area contributed by atoms with E-state index >= 15 is 0 Å². The first-order valence-electron chi connectivity index (χ1n) is 8.68. The largest absolute Gasteiger partial charge is 0.361 e. The third kappa shape index (κ3) is 5.03. The third-order valence-corrected chi connectivity index (χ3v) is 5.11. The lowest BCUT2D eigenvalue weighted by Crippen LogP contribution is -2.49. The number of hydrogen-bond acceptors (Lipinski definition) is 5. The summed E-state index contributed by atoms with van der Waals surface area (Å²) < 4.78 is 0. The quantitative estimate of drug-likeness (QED) is 0.761. The molecule has 1 aromatic heterocycles. The van der Waals surface area contributed by atoms with Crippen LogP contribution in [0.5, 0.6) is 0 Å². The molecule has 3 rings (SSSR count). The van der Waals surface area contributed by atoms with E-state index in [1.54, 1.807) is 12.4 Å². The van der Waals surface area contributed by atoms with E-state index in [9.17, 15) is 0 Å². The second-order valence-electron chi connectivity index (χ2n) is 6.19. The number of aromatic nitrogens is 2. The van der Waals surface area contributed by atoms with Gasteiger partial charge in [-0.2, -0.15) is 0 Å². The lowest BCUT2D eigenvalue weighted by atomic mass is 10.2. The number of nitrogens with zero attached hydrogens (tertiary/aromatic N) is 4. The van der Waals surface area contributed by atoms with Crippen LogP contribution in [0.3, 0.4) is 0 Å². The number of hydrogen-bond donors (Lipinski definition) is 2. The molecule has 0 radical (unpaired) electrons. The average molecular weight is 391 g/mol. The standard InChI is InChI=1S/C18H23ClN6S/c1-14-4-2-5-15(16(14)19)23-18(26)22-8-9-24-10-12-25(13-11-24)17-20-6-3-7-21-17/h2-7H,8-13H2,1H3,(H2,22,23,26). The second kappa shape index (κ2) is 9.12. The molecule has 0 spiro atoms. The molecule has 1 aromatic carbocycles. The van der Waals surface area contributed by atoms with Gasteiger partial charge in [0, 0.05) is 51.7 Å². The first-order chi connectivity index (χ1) is 12.6. The molecular formula is C18H23ClN6S. The van der Waals surface area contributed by atoms with E-state index in [4.69, 9.17) is 23.8 Å². The van der Waals surface area contributed by atoms with Gasteiger partial charge in [0.2, 0.25) is 5.95 Å². The van der Waals surface area contributed by atoms with E-state index < -0.39 is 0 Å². The Labute approximate surface area is 164 Å². The zero-order valence-corrected chi connectivity index (χ0v) is 16.4. The SMILES string of the molecule is Cc1cccc(NC(=S)NCCN2CCN(c3ncccn3)CC2)c1Cl. The molecule has 138 valence electrons. The van der Waals surface area contributed by atoms with Crippen molar-refractivity contribution in [2.75, 3.05) is 49.5 Å². The van der Waals surface area contributed by atoms with Crippen LogP contribution in [-0.4, -0.2) is 59.2 Å². The highest BCUT2D eigenvalue weighted by atomic mass is 35.5. The van der Waals surface area contributed by atoms with Crippen LogP contribution >= 0.6 is 23.8 Å². The van der Waals surface area contributed by atoms with Crippen molar-refractivity contribution in [3.05, 3.63) is 47.2 Å². The fourth-order valence-electron chi connectivity index (χ4n) is 2.86. The lowest BCUT2D eigenvalue weighted by Gasteiger charge is -2.34. The molecule has 2 N–H and O–H groups in total. The summed E-state index contributed by atoms with van der Waals surface area (Å²) in [6.45, 7) is 7.55. The van der Waals surface area contributed by atoms with E-state index in [-0.39, 0.29) is 0 Å². The predicted octanol–water partition coefficient (Wildman–Crippen LogP) is 2.55. The van der Waals surface area contributed by atoms with Crippen LogP contribution in [0.2, 0.25) is 5.02 Å². The summed E-state index contributed by atoms with van der Waals surface area (Å²) in [6, 6.07) is 7.70. The van der Waals surface area contributed by atoms with E-state index in [1.165, 1.54) is 0 Å². The first kappa shape index (κ1) is 18.8. The van der Waals surface area contributed by atoms with Crippen LogP contribution in [0, 0.1) is 6.92 Å².